The molecule has 1 fully saturated rings. The number of carbonyl (C=O) groups is 1. The molecule has 3 atom stereocenters. The Morgan fingerprint density at radius 2 is 2.08 bits per heavy atom. The minimum absolute atomic E-state index is 0.318. The predicted octanol–water partition coefficient (Wildman–Crippen LogP) is 2.53. The largest absolute Gasteiger partial charge is 0.481 e. The number of hydrogen-bond acceptors (Lipinski definition) is 1. The van der Waals surface area contributed by atoms with Crippen molar-refractivity contribution in [3.8, 4) is 0 Å². The fourth-order valence-corrected chi connectivity index (χ4v) is 2.09. The Morgan fingerprint density at radius 3 is 2.50 bits per heavy atom. The van der Waals surface area contributed by atoms with E-state index in [4.69, 9.17) is 5.11 Å². The first-order valence-electron chi connectivity index (χ1n) is 4.70. The van der Waals surface area contributed by atoms with Gasteiger partial charge in [0.15, 0.2) is 0 Å². The molecular weight excluding hydrogens is 152 g/mol. The van der Waals surface area contributed by atoms with Crippen molar-refractivity contribution in [2.24, 2.45) is 17.3 Å². The number of aliphatic carboxylic acids is 1. The summed E-state index contributed by atoms with van der Waals surface area (Å²) in [6.07, 6.45) is 2.96. The summed E-state index contributed by atoms with van der Waals surface area (Å²) in [6, 6.07) is 0. The van der Waals surface area contributed by atoms with Crippen molar-refractivity contribution in [2.75, 3.05) is 0 Å². The molecule has 0 amide bonds. The molecule has 2 heteroatoms. The van der Waals surface area contributed by atoms with Gasteiger partial charge in [0.2, 0.25) is 0 Å². The Balaban J connectivity index is 2.72. The quantitative estimate of drug-likeness (QED) is 0.656. The summed E-state index contributed by atoms with van der Waals surface area (Å²) < 4.78 is 0. The molecule has 0 radical (unpaired) electrons. The lowest BCUT2D eigenvalue weighted by Crippen LogP contribution is -2.38. The molecule has 1 aliphatic carbocycles. The minimum Gasteiger partial charge on any atom is -0.481 e. The monoisotopic (exact) mass is 170 g/mol. The Labute approximate surface area is 74.0 Å². The van der Waals surface area contributed by atoms with Crippen LogP contribution in [-0.4, -0.2) is 11.1 Å². The molecule has 1 N–H and O–H groups in total. The molecular formula is C10H18O2. The van der Waals surface area contributed by atoms with Gasteiger partial charge in [-0.2, -0.15) is 0 Å². The van der Waals surface area contributed by atoms with Crippen molar-refractivity contribution in [2.45, 2.75) is 40.0 Å². The second-order valence-corrected chi connectivity index (χ2v) is 4.50. The molecule has 70 valence electrons. The third-order valence-electron chi connectivity index (χ3n) is 3.49. The van der Waals surface area contributed by atoms with Crippen molar-refractivity contribution < 1.29 is 9.90 Å². The van der Waals surface area contributed by atoms with Crippen LogP contribution >= 0.6 is 0 Å². The van der Waals surface area contributed by atoms with Crippen molar-refractivity contribution >= 4 is 5.97 Å². The van der Waals surface area contributed by atoms with Gasteiger partial charge in [-0.25, -0.2) is 0 Å². The third kappa shape index (κ3) is 1.47. The van der Waals surface area contributed by atoms with E-state index in [0.717, 1.165) is 19.3 Å². The maximum Gasteiger partial charge on any atom is 0.309 e. The van der Waals surface area contributed by atoms with E-state index < -0.39 is 11.4 Å². The van der Waals surface area contributed by atoms with Gasteiger partial charge < -0.3 is 5.11 Å². The van der Waals surface area contributed by atoms with Gasteiger partial charge in [0.1, 0.15) is 0 Å². The average Bonchev–Trinajstić information content (AvgIpc) is 1.97. The highest BCUT2D eigenvalue weighted by Crippen LogP contribution is 2.43. The summed E-state index contributed by atoms with van der Waals surface area (Å²) >= 11 is 0. The van der Waals surface area contributed by atoms with Gasteiger partial charge in [0.05, 0.1) is 5.41 Å². The van der Waals surface area contributed by atoms with E-state index in [9.17, 15) is 4.79 Å². The second-order valence-electron chi connectivity index (χ2n) is 4.50. The van der Waals surface area contributed by atoms with Gasteiger partial charge >= 0.3 is 5.97 Å². The topological polar surface area (TPSA) is 37.3 Å². The molecule has 0 bridgehead atoms. The van der Waals surface area contributed by atoms with E-state index in [1.807, 2.05) is 6.92 Å². The standard InChI is InChI=1S/C10H18O2/c1-7-4-5-10(3,9(11)12)8(2)6-7/h7-8H,4-6H2,1-3H3,(H,11,12)/t7-,8-,10+/m1/s1. The number of rotatable bonds is 1. The number of carboxylic acids is 1. The normalized spacial score (nSPS) is 42.6. The first-order chi connectivity index (χ1) is 5.47. The molecule has 0 unspecified atom stereocenters. The number of carboxylic acid groups (broad SMARTS) is 1. The highest BCUT2D eigenvalue weighted by atomic mass is 16.4. The molecule has 2 nitrogen and oxygen atoms in total. The molecule has 0 heterocycles. The van der Waals surface area contributed by atoms with Crippen LogP contribution in [0.2, 0.25) is 0 Å². The molecule has 1 aliphatic rings. The van der Waals surface area contributed by atoms with Crippen LogP contribution in [0, 0.1) is 17.3 Å². The van der Waals surface area contributed by atoms with Gasteiger partial charge in [-0.15, -0.1) is 0 Å². The highest BCUT2D eigenvalue weighted by Gasteiger charge is 2.42. The van der Waals surface area contributed by atoms with E-state index in [0.29, 0.717) is 11.8 Å². The van der Waals surface area contributed by atoms with Crippen molar-refractivity contribution in [1.82, 2.24) is 0 Å². The van der Waals surface area contributed by atoms with E-state index >= 15 is 0 Å². The fourth-order valence-electron chi connectivity index (χ4n) is 2.09. The van der Waals surface area contributed by atoms with Gasteiger partial charge in [0, 0.05) is 0 Å². The average molecular weight is 170 g/mol. The van der Waals surface area contributed by atoms with Crippen LogP contribution in [0.1, 0.15) is 40.0 Å². The Kier molecular flexibility index (Phi) is 2.45. The summed E-state index contributed by atoms with van der Waals surface area (Å²) in [6.45, 7) is 6.15. The van der Waals surface area contributed by atoms with Crippen molar-refractivity contribution in [3.05, 3.63) is 0 Å². The highest BCUT2D eigenvalue weighted by molar-refractivity contribution is 5.74. The number of hydrogen-bond donors (Lipinski definition) is 1. The molecule has 12 heavy (non-hydrogen) atoms. The summed E-state index contributed by atoms with van der Waals surface area (Å²) in [7, 11) is 0. The van der Waals surface area contributed by atoms with E-state index in [1.54, 1.807) is 0 Å². The van der Waals surface area contributed by atoms with E-state index in [-0.39, 0.29) is 0 Å². The molecule has 0 aromatic heterocycles. The minimum atomic E-state index is -0.623. The van der Waals surface area contributed by atoms with Crippen LogP contribution in [0.25, 0.3) is 0 Å². The maximum absolute atomic E-state index is 11.0. The second kappa shape index (κ2) is 3.08. The molecule has 0 aromatic carbocycles. The maximum atomic E-state index is 11.0. The smallest absolute Gasteiger partial charge is 0.309 e. The SMILES string of the molecule is C[C@@H]1CC[C@](C)(C(=O)O)[C@H](C)C1. The van der Waals surface area contributed by atoms with Crippen molar-refractivity contribution in [3.63, 3.8) is 0 Å². The summed E-state index contributed by atoms with van der Waals surface area (Å²) in [5, 5.41) is 9.05. The first kappa shape index (κ1) is 9.56. The van der Waals surface area contributed by atoms with Gasteiger partial charge in [-0.05, 0) is 38.0 Å². The van der Waals surface area contributed by atoms with Gasteiger partial charge in [-0.3, -0.25) is 4.79 Å². The van der Waals surface area contributed by atoms with Gasteiger partial charge in [-0.1, -0.05) is 13.8 Å². The lowest BCUT2D eigenvalue weighted by molar-refractivity contribution is -0.153. The van der Waals surface area contributed by atoms with Crippen LogP contribution in [-0.2, 0) is 4.79 Å². The Bertz CT molecular complexity index is 188. The Morgan fingerprint density at radius 1 is 1.50 bits per heavy atom. The van der Waals surface area contributed by atoms with Crippen molar-refractivity contribution in [1.29, 1.82) is 0 Å². The third-order valence-corrected chi connectivity index (χ3v) is 3.49. The summed E-state index contributed by atoms with van der Waals surface area (Å²) in [5.74, 6) is 0.396. The molecule has 0 aromatic rings. The van der Waals surface area contributed by atoms with Crippen LogP contribution < -0.4 is 0 Å². The van der Waals surface area contributed by atoms with Crippen LogP contribution in [0.15, 0.2) is 0 Å². The lowest BCUT2D eigenvalue weighted by Gasteiger charge is -2.38. The molecule has 1 rings (SSSR count). The zero-order valence-corrected chi connectivity index (χ0v) is 8.13. The van der Waals surface area contributed by atoms with E-state index in [1.165, 1.54) is 0 Å². The molecule has 0 saturated heterocycles. The Hall–Kier alpha value is -0.530. The van der Waals surface area contributed by atoms with Gasteiger partial charge in [0.25, 0.3) is 0 Å². The first-order valence-corrected chi connectivity index (χ1v) is 4.70. The molecule has 0 aliphatic heterocycles. The molecule has 0 spiro atoms. The molecule has 1 saturated carbocycles. The van der Waals surface area contributed by atoms with Crippen LogP contribution in [0.5, 0.6) is 0 Å². The van der Waals surface area contributed by atoms with Crippen LogP contribution in [0.4, 0.5) is 0 Å². The zero-order valence-electron chi connectivity index (χ0n) is 8.13. The fraction of sp³-hybridized carbons (Fsp3) is 0.900. The summed E-state index contributed by atoms with van der Waals surface area (Å²) in [4.78, 5) is 11.0. The predicted molar refractivity (Wildman–Crippen MR) is 47.9 cm³/mol. The zero-order chi connectivity index (χ0) is 9.35. The lowest BCUT2D eigenvalue weighted by atomic mass is 9.65. The summed E-state index contributed by atoms with van der Waals surface area (Å²) in [5.41, 5.74) is -0.466. The van der Waals surface area contributed by atoms with Crippen LogP contribution in [0.3, 0.4) is 0 Å². The van der Waals surface area contributed by atoms with E-state index in [2.05, 4.69) is 13.8 Å².